The second kappa shape index (κ2) is 8.16. The normalized spacial score (nSPS) is 10.0. The van der Waals surface area contributed by atoms with E-state index in [-0.39, 0.29) is 17.9 Å². The number of carbonyl (C=O) groups excluding carboxylic acids is 2. The van der Waals surface area contributed by atoms with Crippen molar-refractivity contribution in [2.24, 2.45) is 0 Å². The summed E-state index contributed by atoms with van der Waals surface area (Å²) < 4.78 is 10.8. The number of nitrogens with one attached hydrogen (secondary N) is 1. The average Bonchev–Trinajstić information content (AvgIpc) is 2.56. The molecule has 0 spiro atoms. The van der Waals surface area contributed by atoms with Gasteiger partial charge in [0.2, 0.25) is 0 Å². The molecule has 1 N–H and O–H groups in total. The number of hydrogen-bond acceptors (Lipinski definition) is 4. The Hall–Kier alpha value is -1.80. The standard InChI is InChI=1S/C16H13ClINO4/c1-22-16(21)11-7-13(18)12(17)8-14(11)19-15(20)9-23-10-5-3-2-4-6-10/h2-8H,9H2,1H3,(H,19,20). The summed E-state index contributed by atoms with van der Waals surface area (Å²) in [6.07, 6.45) is 0. The minimum atomic E-state index is -0.557. The molecule has 0 saturated heterocycles. The Bertz CT molecular complexity index is 722. The molecule has 0 unspecified atom stereocenters. The highest BCUT2D eigenvalue weighted by atomic mass is 127. The number of methoxy groups -OCH3 is 1. The van der Waals surface area contributed by atoms with E-state index in [1.807, 2.05) is 40.8 Å². The lowest BCUT2D eigenvalue weighted by Gasteiger charge is -2.12. The zero-order chi connectivity index (χ0) is 16.8. The topological polar surface area (TPSA) is 64.6 Å². The molecule has 5 nitrogen and oxygen atoms in total. The maximum atomic E-state index is 12.0. The number of carbonyl (C=O) groups is 2. The summed E-state index contributed by atoms with van der Waals surface area (Å²) in [5.74, 6) is -0.383. The van der Waals surface area contributed by atoms with Crippen molar-refractivity contribution in [3.05, 3.63) is 56.6 Å². The van der Waals surface area contributed by atoms with Crippen LogP contribution in [-0.4, -0.2) is 25.6 Å². The van der Waals surface area contributed by atoms with E-state index in [1.165, 1.54) is 13.2 Å². The highest BCUT2D eigenvalue weighted by Gasteiger charge is 2.17. The van der Waals surface area contributed by atoms with Crippen LogP contribution >= 0.6 is 34.2 Å². The van der Waals surface area contributed by atoms with E-state index in [1.54, 1.807) is 18.2 Å². The molecular weight excluding hydrogens is 433 g/mol. The van der Waals surface area contributed by atoms with Gasteiger partial charge in [0.05, 0.1) is 23.4 Å². The molecule has 23 heavy (non-hydrogen) atoms. The summed E-state index contributed by atoms with van der Waals surface area (Å²) >= 11 is 8.05. The van der Waals surface area contributed by atoms with Crippen molar-refractivity contribution in [3.63, 3.8) is 0 Å². The van der Waals surface area contributed by atoms with E-state index < -0.39 is 11.9 Å². The monoisotopic (exact) mass is 445 g/mol. The van der Waals surface area contributed by atoms with Gasteiger partial charge in [-0.3, -0.25) is 4.79 Å². The molecular formula is C16H13ClINO4. The number of rotatable bonds is 5. The van der Waals surface area contributed by atoms with Crippen LogP contribution in [0.15, 0.2) is 42.5 Å². The van der Waals surface area contributed by atoms with Crippen molar-refractivity contribution >= 4 is 51.8 Å². The molecule has 1 amide bonds. The van der Waals surface area contributed by atoms with Crippen molar-refractivity contribution in [2.75, 3.05) is 19.0 Å². The minimum Gasteiger partial charge on any atom is -0.484 e. The minimum absolute atomic E-state index is 0.186. The summed E-state index contributed by atoms with van der Waals surface area (Å²) in [6, 6.07) is 12.0. The smallest absolute Gasteiger partial charge is 0.340 e. The molecule has 0 aliphatic heterocycles. The Balaban J connectivity index is 2.10. The summed E-state index contributed by atoms with van der Waals surface area (Å²) in [5, 5.41) is 3.04. The predicted octanol–water partition coefficient (Wildman–Crippen LogP) is 3.75. The van der Waals surface area contributed by atoms with Gasteiger partial charge < -0.3 is 14.8 Å². The number of para-hydroxylation sites is 1. The quantitative estimate of drug-likeness (QED) is 0.562. The van der Waals surface area contributed by atoms with Crippen molar-refractivity contribution in [1.82, 2.24) is 0 Å². The molecule has 2 aromatic carbocycles. The first-order valence-corrected chi connectivity index (χ1v) is 8.02. The molecule has 0 saturated carbocycles. The van der Waals surface area contributed by atoms with Gasteiger partial charge >= 0.3 is 5.97 Å². The van der Waals surface area contributed by atoms with Crippen LogP contribution in [0.2, 0.25) is 5.02 Å². The zero-order valence-electron chi connectivity index (χ0n) is 12.1. The SMILES string of the molecule is COC(=O)c1cc(I)c(Cl)cc1NC(=O)COc1ccccc1. The van der Waals surface area contributed by atoms with E-state index in [2.05, 4.69) is 5.32 Å². The molecule has 0 aromatic heterocycles. The summed E-state index contributed by atoms with van der Waals surface area (Å²) in [4.78, 5) is 23.8. The highest BCUT2D eigenvalue weighted by Crippen LogP contribution is 2.27. The van der Waals surface area contributed by atoms with Crippen molar-refractivity contribution < 1.29 is 19.1 Å². The maximum Gasteiger partial charge on any atom is 0.340 e. The predicted molar refractivity (Wildman–Crippen MR) is 96.1 cm³/mol. The molecule has 0 fully saturated rings. The van der Waals surface area contributed by atoms with Crippen molar-refractivity contribution in [3.8, 4) is 5.75 Å². The zero-order valence-corrected chi connectivity index (χ0v) is 15.1. The van der Waals surface area contributed by atoms with Crippen LogP contribution in [-0.2, 0) is 9.53 Å². The molecule has 120 valence electrons. The van der Waals surface area contributed by atoms with Gasteiger partial charge in [-0.05, 0) is 46.9 Å². The number of ether oxygens (including phenoxy) is 2. The third-order valence-corrected chi connectivity index (χ3v) is 4.38. The first kappa shape index (κ1) is 17.6. The van der Waals surface area contributed by atoms with Gasteiger partial charge in [0, 0.05) is 3.57 Å². The lowest BCUT2D eigenvalue weighted by atomic mass is 10.2. The molecule has 2 rings (SSSR count). The Kier molecular flexibility index (Phi) is 6.23. The third-order valence-electron chi connectivity index (χ3n) is 2.85. The molecule has 2 aromatic rings. The van der Waals surface area contributed by atoms with Gasteiger partial charge in [-0.2, -0.15) is 0 Å². The number of hydrogen-bond donors (Lipinski definition) is 1. The maximum absolute atomic E-state index is 12.0. The van der Waals surface area contributed by atoms with Crippen LogP contribution in [0.4, 0.5) is 5.69 Å². The summed E-state index contributed by atoms with van der Waals surface area (Å²) in [7, 11) is 1.27. The molecule has 0 aliphatic carbocycles. The molecule has 7 heteroatoms. The van der Waals surface area contributed by atoms with E-state index in [9.17, 15) is 9.59 Å². The number of anilines is 1. The van der Waals surface area contributed by atoms with Crippen LogP contribution < -0.4 is 10.1 Å². The fourth-order valence-corrected chi connectivity index (χ4v) is 2.41. The van der Waals surface area contributed by atoms with Crippen LogP contribution in [0, 0.1) is 3.57 Å². The second-order valence-corrected chi connectivity index (χ2v) is 6.02. The Morgan fingerprint density at radius 2 is 1.91 bits per heavy atom. The van der Waals surface area contributed by atoms with Gasteiger partial charge in [-0.15, -0.1) is 0 Å². The number of halogens is 2. The van der Waals surface area contributed by atoms with Gasteiger partial charge in [-0.1, -0.05) is 29.8 Å². The van der Waals surface area contributed by atoms with E-state index in [0.717, 1.165) is 0 Å². The molecule has 0 aliphatic rings. The molecule has 0 radical (unpaired) electrons. The fraction of sp³-hybridized carbons (Fsp3) is 0.125. The van der Waals surface area contributed by atoms with E-state index in [0.29, 0.717) is 14.3 Å². The molecule has 0 heterocycles. The number of benzene rings is 2. The first-order chi connectivity index (χ1) is 11.0. The highest BCUT2D eigenvalue weighted by molar-refractivity contribution is 14.1. The van der Waals surface area contributed by atoms with Crippen LogP contribution in [0.25, 0.3) is 0 Å². The van der Waals surface area contributed by atoms with E-state index in [4.69, 9.17) is 21.1 Å². The van der Waals surface area contributed by atoms with E-state index >= 15 is 0 Å². The molecule has 0 bridgehead atoms. The number of esters is 1. The van der Waals surface area contributed by atoms with Crippen molar-refractivity contribution in [1.29, 1.82) is 0 Å². The Morgan fingerprint density at radius 1 is 1.22 bits per heavy atom. The Labute approximate surface area is 152 Å². The summed E-state index contributed by atoms with van der Waals surface area (Å²) in [5.41, 5.74) is 0.512. The Morgan fingerprint density at radius 3 is 2.57 bits per heavy atom. The molecule has 0 atom stereocenters. The van der Waals surface area contributed by atoms with Gasteiger partial charge in [-0.25, -0.2) is 4.79 Å². The summed E-state index contributed by atoms with van der Waals surface area (Å²) in [6.45, 7) is -0.186. The van der Waals surface area contributed by atoms with Crippen molar-refractivity contribution in [2.45, 2.75) is 0 Å². The van der Waals surface area contributed by atoms with Crippen LogP contribution in [0.1, 0.15) is 10.4 Å². The average molecular weight is 446 g/mol. The van der Waals surface area contributed by atoms with Gasteiger partial charge in [0.25, 0.3) is 5.91 Å². The van der Waals surface area contributed by atoms with Gasteiger partial charge in [0.1, 0.15) is 5.75 Å². The van der Waals surface area contributed by atoms with Crippen LogP contribution in [0.5, 0.6) is 5.75 Å². The lowest BCUT2D eigenvalue weighted by Crippen LogP contribution is -2.22. The van der Waals surface area contributed by atoms with Gasteiger partial charge in [0.15, 0.2) is 6.61 Å². The third kappa shape index (κ3) is 4.84. The first-order valence-electron chi connectivity index (χ1n) is 6.56. The lowest BCUT2D eigenvalue weighted by molar-refractivity contribution is -0.118. The van der Waals surface area contributed by atoms with Crippen LogP contribution in [0.3, 0.4) is 0 Å². The fourth-order valence-electron chi connectivity index (χ4n) is 1.78. The second-order valence-electron chi connectivity index (χ2n) is 4.45. The largest absolute Gasteiger partial charge is 0.484 e. The number of amides is 1.